The molecule has 9 heteroatoms. The molecule has 0 spiro atoms. The molecule has 1 aliphatic rings. The number of nitrogens with zero attached hydrogens (tertiary/aromatic N) is 5. The maximum atomic E-state index is 13.0. The molecule has 188 valence electrons. The number of rotatable bonds is 7. The molecule has 0 saturated carbocycles. The van der Waals surface area contributed by atoms with Gasteiger partial charge in [0, 0.05) is 43.8 Å². The molecule has 0 radical (unpaired) electrons. The molecular formula is C26H36N6O3. The van der Waals surface area contributed by atoms with Crippen LogP contribution in [0.25, 0.3) is 11.3 Å². The van der Waals surface area contributed by atoms with Crippen LogP contribution in [0.5, 0.6) is 5.75 Å². The topological polar surface area (TPSA) is 90.9 Å². The van der Waals surface area contributed by atoms with Gasteiger partial charge in [0.15, 0.2) is 5.82 Å². The highest BCUT2D eigenvalue weighted by molar-refractivity contribution is 5.84. The fourth-order valence-corrected chi connectivity index (χ4v) is 3.86. The number of carbonyl (C=O) groups is 2. The number of benzene rings is 1. The Morgan fingerprint density at radius 3 is 2.60 bits per heavy atom. The Balaban J connectivity index is 1.60. The van der Waals surface area contributed by atoms with E-state index >= 15 is 0 Å². The molecule has 0 unspecified atom stereocenters. The first kappa shape index (κ1) is 26.0. The molecule has 1 fully saturated rings. The summed E-state index contributed by atoms with van der Waals surface area (Å²) in [4.78, 5) is 31.1. The second-order valence-electron chi connectivity index (χ2n) is 9.58. The summed E-state index contributed by atoms with van der Waals surface area (Å²) in [6.45, 7) is 12.4. The van der Waals surface area contributed by atoms with Gasteiger partial charge in [0.2, 0.25) is 5.91 Å². The highest BCUT2D eigenvalue weighted by Gasteiger charge is 2.25. The minimum Gasteiger partial charge on any atom is -0.497 e. The fourth-order valence-electron chi connectivity index (χ4n) is 3.86. The smallest absolute Gasteiger partial charge is 0.318 e. The van der Waals surface area contributed by atoms with E-state index in [0.717, 1.165) is 35.8 Å². The molecule has 1 saturated heterocycles. The minimum absolute atomic E-state index is 0.0168. The van der Waals surface area contributed by atoms with Crippen LogP contribution in [-0.4, -0.2) is 83.9 Å². The second kappa shape index (κ2) is 11.7. The van der Waals surface area contributed by atoms with E-state index in [9.17, 15) is 9.59 Å². The monoisotopic (exact) mass is 480 g/mol. The minimum atomic E-state index is -0.383. The quantitative estimate of drug-likeness (QED) is 0.612. The maximum absolute atomic E-state index is 13.0. The van der Waals surface area contributed by atoms with Crippen molar-refractivity contribution in [2.24, 2.45) is 0 Å². The summed E-state index contributed by atoms with van der Waals surface area (Å²) in [7, 11) is 1.64. The number of amides is 3. The predicted octanol–water partition coefficient (Wildman–Crippen LogP) is 3.19. The zero-order valence-electron chi connectivity index (χ0n) is 21.2. The Kier molecular flexibility index (Phi) is 8.68. The van der Waals surface area contributed by atoms with Gasteiger partial charge >= 0.3 is 6.03 Å². The number of nitrogens with one attached hydrogen (secondary N) is 1. The molecule has 1 N–H and O–H groups in total. The van der Waals surface area contributed by atoms with Gasteiger partial charge in [-0.05, 0) is 51.5 Å². The molecule has 3 rings (SSSR count). The summed E-state index contributed by atoms with van der Waals surface area (Å²) < 4.78 is 5.29. The summed E-state index contributed by atoms with van der Waals surface area (Å²) in [6.07, 6.45) is 2.44. The number of ether oxygens (including phenoxy) is 1. The number of hydrogen-bond donors (Lipinski definition) is 1. The Hall–Kier alpha value is -3.62. The number of carbonyl (C=O) groups excluding carboxylic acids is 2. The molecule has 1 aliphatic heterocycles. The lowest BCUT2D eigenvalue weighted by Crippen LogP contribution is -2.52. The van der Waals surface area contributed by atoms with E-state index in [0.29, 0.717) is 26.2 Å². The number of methoxy groups -OCH3 is 1. The van der Waals surface area contributed by atoms with E-state index in [4.69, 9.17) is 4.74 Å². The molecule has 0 atom stereocenters. The van der Waals surface area contributed by atoms with Gasteiger partial charge in [-0.1, -0.05) is 18.2 Å². The lowest BCUT2D eigenvalue weighted by molar-refractivity contribution is -0.131. The van der Waals surface area contributed by atoms with Crippen LogP contribution in [-0.2, 0) is 4.79 Å². The third kappa shape index (κ3) is 7.43. The van der Waals surface area contributed by atoms with Crippen LogP contribution in [0.4, 0.5) is 10.6 Å². The van der Waals surface area contributed by atoms with Crippen LogP contribution in [0.2, 0.25) is 0 Å². The molecule has 1 aromatic carbocycles. The lowest BCUT2D eigenvalue weighted by Gasteiger charge is -2.29. The van der Waals surface area contributed by atoms with Crippen LogP contribution in [0.3, 0.4) is 0 Å². The van der Waals surface area contributed by atoms with Gasteiger partial charge in [-0.2, -0.15) is 0 Å². The van der Waals surface area contributed by atoms with Gasteiger partial charge in [0.1, 0.15) is 12.3 Å². The van der Waals surface area contributed by atoms with Crippen LogP contribution in [0.15, 0.2) is 49.1 Å². The van der Waals surface area contributed by atoms with Gasteiger partial charge in [-0.3, -0.25) is 4.79 Å². The van der Waals surface area contributed by atoms with Crippen LogP contribution in [0.1, 0.15) is 27.2 Å². The Morgan fingerprint density at radius 1 is 1.14 bits per heavy atom. The average molecular weight is 481 g/mol. The van der Waals surface area contributed by atoms with Crippen molar-refractivity contribution in [2.45, 2.75) is 32.7 Å². The van der Waals surface area contributed by atoms with Crippen LogP contribution < -0.4 is 15.0 Å². The third-order valence-electron chi connectivity index (χ3n) is 5.63. The summed E-state index contributed by atoms with van der Waals surface area (Å²) in [6, 6.07) is 11.4. The SMILES string of the molecule is C=CCN(CC(=O)N1CCCN(c2ccc(-c3cccc(OC)c3)nn2)CC1)C(=O)NC(C)(C)C. The van der Waals surface area contributed by atoms with E-state index in [1.54, 1.807) is 13.2 Å². The van der Waals surface area contributed by atoms with Crippen molar-refractivity contribution < 1.29 is 14.3 Å². The summed E-state index contributed by atoms with van der Waals surface area (Å²) >= 11 is 0. The van der Waals surface area contributed by atoms with Crippen molar-refractivity contribution in [3.63, 3.8) is 0 Å². The standard InChI is InChI=1S/C26H36N6O3/c1-6-13-32(25(34)27-26(2,3)4)19-24(33)31-15-8-14-30(16-17-31)23-12-11-22(28-29-23)20-9-7-10-21(18-20)35-5/h6-7,9-12,18H,1,8,13-17,19H2,2-5H3,(H,27,34). The van der Waals surface area contributed by atoms with Gasteiger partial charge in [-0.25, -0.2) is 4.79 Å². The zero-order valence-corrected chi connectivity index (χ0v) is 21.2. The zero-order chi connectivity index (χ0) is 25.4. The van der Waals surface area contributed by atoms with Crippen LogP contribution in [0, 0.1) is 0 Å². The van der Waals surface area contributed by atoms with Gasteiger partial charge in [0.05, 0.1) is 12.8 Å². The van der Waals surface area contributed by atoms with Gasteiger partial charge in [-0.15, -0.1) is 16.8 Å². The van der Waals surface area contributed by atoms with Gasteiger partial charge < -0.3 is 24.8 Å². The van der Waals surface area contributed by atoms with Crippen molar-refractivity contribution in [3.05, 3.63) is 49.1 Å². The largest absolute Gasteiger partial charge is 0.497 e. The third-order valence-corrected chi connectivity index (χ3v) is 5.63. The molecule has 1 aromatic heterocycles. The summed E-state index contributed by atoms with van der Waals surface area (Å²) in [5, 5.41) is 11.8. The van der Waals surface area contributed by atoms with E-state index in [1.165, 1.54) is 4.90 Å². The molecule has 0 aliphatic carbocycles. The molecule has 2 heterocycles. The van der Waals surface area contributed by atoms with Crippen molar-refractivity contribution >= 4 is 17.8 Å². The number of aromatic nitrogens is 2. The molecule has 35 heavy (non-hydrogen) atoms. The molecule has 2 aromatic rings. The molecule has 0 bridgehead atoms. The van der Waals surface area contributed by atoms with E-state index < -0.39 is 0 Å². The second-order valence-corrected chi connectivity index (χ2v) is 9.58. The Bertz CT molecular complexity index is 1020. The molecule has 3 amide bonds. The average Bonchev–Trinajstić information content (AvgIpc) is 3.09. The Labute approximate surface area is 207 Å². The van der Waals surface area contributed by atoms with E-state index in [2.05, 4.69) is 27.0 Å². The van der Waals surface area contributed by atoms with E-state index in [-0.39, 0.29) is 24.0 Å². The predicted molar refractivity (Wildman–Crippen MR) is 137 cm³/mol. The van der Waals surface area contributed by atoms with E-state index in [1.807, 2.05) is 62.1 Å². The number of urea groups is 1. The first-order valence-electron chi connectivity index (χ1n) is 11.9. The summed E-state index contributed by atoms with van der Waals surface area (Å²) in [5.41, 5.74) is 1.33. The van der Waals surface area contributed by atoms with Crippen molar-refractivity contribution in [1.29, 1.82) is 0 Å². The Morgan fingerprint density at radius 2 is 1.94 bits per heavy atom. The van der Waals surface area contributed by atoms with Gasteiger partial charge in [0.25, 0.3) is 0 Å². The fraction of sp³-hybridized carbons (Fsp3) is 0.462. The highest BCUT2D eigenvalue weighted by atomic mass is 16.5. The normalized spacial score (nSPS) is 14.2. The summed E-state index contributed by atoms with van der Waals surface area (Å²) in [5.74, 6) is 1.48. The molecule has 9 nitrogen and oxygen atoms in total. The number of hydrogen-bond acceptors (Lipinski definition) is 6. The maximum Gasteiger partial charge on any atom is 0.318 e. The number of anilines is 1. The van der Waals surface area contributed by atoms with Crippen molar-refractivity contribution in [2.75, 3.05) is 51.3 Å². The lowest BCUT2D eigenvalue weighted by atomic mass is 10.1. The first-order chi connectivity index (χ1) is 16.7. The van der Waals surface area contributed by atoms with Crippen molar-refractivity contribution in [3.8, 4) is 17.0 Å². The van der Waals surface area contributed by atoms with Crippen LogP contribution >= 0.6 is 0 Å². The first-order valence-corrected chi connectivity index (χ1v) is 11.9. The molecular weight excluding hydrogens is 444 g/mol. The highest BCUT2D eigenvalue weighted by Crippen LogP contribution is 2.23. The van der Waals surface area contributed by atoms with Crippen molar-refractivity contribution in [1.82, 2.24) is 25.3 Å².